The zero-order valence-electron chi connectivity index (χ0n) is 17.2. The van der Waals surface area contributed by atoms with Crippen LogP contribution in [0.5, 0.6) is 0 Å². The van der Waals surface area contributed by atoms with Crippen LogP contribution in [0.4, 0.5) is 0 Å². The summed E-state index contributed by atoms with van der Waals surface area (Å²) in [6, 6.07) is 5.96. The van der Waals surface area contributed by atoms with E-state index in [4.69, 9.17) is 18.7 Å². The van der Waals surface area contributed by atoms with Crippen LogP contribution in [0.2, 0.25) is 0 Å². The molecule has 2 fully saturated rings. The van der Waals surface area contributed by atoms with Crippen molar-refractivity contribution in [3.63, 3.8) is 0 Å². The van der Waals surface area contributed by atoms with Crippen LogP contribution in [0.15, 0.2) is 38.4 Å². The Hall–Kier alpha value is -2.32. The van der Waals surface area contributed by atoms with Crippen LogP contribution in [0, 0.1) is 12.8 Å². The van der Waals surface area contributed by atoms with Gasteiger partial charge in [-0.2, -0.15) is 0 Å². The number of guanidine groups is 1. The van der Waals surface area contributed by atoms with Crippen molar-refractivity contribution in [2.24, 2.45) is 10.9 Å². The Bertz CT molecular complexity index is 759. The van der Waals surface area contributed by atoms with Crippen molar-refractivity contribution in [1.82, 2.24) is 20.3 Å². The molecule has 2 aromatic rings. The number of hydrogen-bond donors (Lipinski definition) is 1. The molecular weight excluding hydrogens is 370 g/mol. The molecule has 0 aromatic carbocycles. The lowest BCUT2D eigenvalue weighted by Crippen LogP contribution is -2.52. The molecule has 1 N–H and O–H groups in total. The quantitative estimate of drug-likeness (QED) is 0.561. The van der Waals surface area contributed by atoms with Crippen molar-refractivity contribution in [3.05, 3.63) is 41.7 Å². The molecule has 2 aliphatic rings. The summed E-state index contributed by atoms with van der Waals surface area (Å²) >= 11 is 0. The molecule has 4 heterocycles. The number of aryl methyl sites for hydroxylation is 1. The minimum Gasteiger partial charge on any atom is -0.469 e. The van der Waals surface area contributed by atoms with Gasteiger partial charge in [-0.15, -0.1) is 0 Å². The molecular formula is C21H31N5O3. The van der Waals surface area contributed by atoms with Gasteiger partial charge in [0.25, 0.3) is 0 Å². The number of nitrogens with zero attached hydrogens (tertiary/aromatic N) is 4. The van der Waals surface area contributed by atoms with Crippen molar-refractivity contribution >= 4 is 5.96 Å². The normalized spacial score (nSPS) is 21.1. The van der Waals surface area contributed by atoms with Crippen LogP contribution in [0.1, 0.15) is 23.6 Å². The lowest BCUT2D eigenvalue weighted by atomic mass is 10.1. The molecule has 8 heteroatoms. The molecule has 2 aliphatic heterocycles. The Morgan fingerprint density at radius 3 is 2.90 bits per heavy atom. The third kappa shape index (κ3) is 5.83. The minimum absolute atomic E-state index is 0.536. The predicted octanol–water partition coefficient (Wildman–Crippen LogP) is 1.92. The summed E-state index contributed by atoms with van der Waals surface area (Å²) in [6.45, 7) is 9.96. The lowest BCUT2D eigenvalue weighted by Gasteiger charge is -2.36. The van der Waals surface area contributed by atoms with Gasteiger partial charge in [-0.25, -0.2) is 0 Å². The summed E-state index contributed by atoms with van der Waals surface area (Å²) in [5.41, 5.74) is 1.00. The molecule has 2 aromatic heterocycles. The largest absolute Gasteiger partial charge is 0.469 e. The monoisotopic (exact) mass is 401 g/mol. The van der Waals surface area contributed by atoms with Crippen LogP contribution in [-0.2, 0) is 17.7 Å². The van der Waals surface area contributed by atoms with Gasteiger partial charge >= 0.3 is 0 Å². The summed E-state index contributed by atoms with van der Waals surface area (Å²) < 4.78 is 16.1. The van der Waals surface area contributed by atoms with Crippen LogP contribution in [-0.4, -0.2) is 73.4 Å². The fourth-order valence-electron chi connectivity index (χ4n) is 3.80. The molecule has 29 heavy (non-hydrogen) atoms. The highest BCUT2D eigenvalue weighted by atomic mass is 16.5. The van der Waals surface area contributed by atoms with Gasteiger partial charge < -0.3 is 23.9 Å². The van der Waals surface area contributed by atoms with Crippen LogP contribution in [0.3, 0.4) is 0 Å². The Balaban J connectivity index is 1.30. The highest BCUT2D eigenvalue weighted by molar-refractivity contribution is 5.80. The van der Waals surface area contributed by atoms with E-state index in [1.807, 2.05) is 25.1 Å². The van der Waals surface area contributed by atoms with E-state index < -0.39 is 0 Å². The number of nitrogens with one attached hydrogen (secondary N) is 1. The van der Waals surface area contributed by atoms with Gasteiger partial charge in [-0.05, 0) is 25.5 Å². The number of rotatable bonds is 7. The van der Waals surface area contributed by atoms with E-state index in [0.29, 0.717) is 5.92 Å². The highest BCUT2D eigenvalue weighted by Crippen LogP contribution is 2.13. The Morgan fingerprint density at radius 2 is 2.21 bits per heavy atom. The maximum Gasteiger partial charge on any atom is 0.194 e. The number of hydrogen-bond acceptors (Lipinski definition) is 6. The topological polar surface area (TPSA) is 79.3 Å². The maximum absolute atomic E-state index is 5.50. The van der Waals surface area contributed by atoms with E-state index in [9.17, 15) is 0 Å². The summed E-state index contributed by atoms with van der Waals surface area (Å²) in [4.78, 5) is 9.71. The molecule has 1 unspecified atom stereocenters. The van der Waals surface area contributed by atoms with Gasteiger partial charge in [0, 0.05) is 70.8 Å². The number of ether oxygens (including phenoxy) is 1. The zero-order valence-corrected chi connectivity index (χ0v) is 17.2. The van der Waals surface area contributed by atoms with Crippen molar-refractivity contribution in [2.75, 3.05) is 52.5 Å². The molecule has 2 saturated heterocycles. The second-order valence-corrected chi connectivity index (χ2v) is 7.84. The third-order valence-electron chi connectivity index (χ3n) is 5.49. The second kappa shape index (κ2) is 9.93. The first-order valence-electron chi connectivity index (χ1n) is 10.5. The molecule has 0 amide bonds. The van der Waals surface area contributed by atoms with Crippen molar-refractivity contribution in [3.8, 4) is 0 Å². The molecule has 158 valence electrons. The van der Waals surface area contributed by atoms with E-state index in [-0.39, 0.29) is 0 Å². The molecule has 0 bridgehead atoms. The standard InChI is InChI=1S/C21H31N5O3/c1-17-13-19(24-29-17)15-25-7-9-26(10-8-25)21(23-14-18-5-12-27-16-18)22-6-4-20-3-2-11-28-20/h2-3,11,13,18H,4-10,12,14-16H2,1H3,(H,22,23). The summed E-state index contributed by atoms with van der Waals surface area (Å²) in [6.07, 6.45) is 3.68. The fourth-order valence-corrected chi connectivity index (χ4v) is 3.80. The summed E-state index contributed by atoms with van der Waals surface area (Å²) in [5.74, 6) is 3.40. The second-order valence-electron chi connectivity index (χ2n) is 7.84. The molecule has 8 nitrogen and oxygen atoms in total. The highest BCUT2D eigenvalue weighted by Gasteiger charge is 2.22. The number of furan rings is 1. The Labute approximate surface area is 171 Å². The van der Waals surface area contributed by atoms with E-state index in [1.54, 1.807) is 6.26 Å². The van der Waals surface area contributed by atoms with Crippen molar-refractivity contribution < 1.29 is 13.7 Å². The average molecular weight is 402 g/mol. The summed E-state index contributed by atoms with van der Waals surface area (Å²) in [5, 5.41) is 7.66. The molecule has 0 spiro atoms. The van der Waals surface area contributed by atoms with Crippen molar-refractivity contribution in [1.29, 1.82) is 0 Å². The zero-order chi connectivity index (χ0) is 19.9. The van der Waals surface area contributed by atoms with E-state index >= 15 is 0 Å². The first kappa shape index (κ1) is 20.0. The minimum atomic E-state index is 0.536. The number of piperazine rings is 1. The summed E-state index contributed by atoms with van der Waals surface area (Å²) in [7, 11) is 0. The number of aromatic nitrogens is 1. The van der Waals surface area contributed by atoms with Crippen LogP contribution < -0.4 is 5.32 Å². The molecule has 1 atom stereocenters. The molecule has 4 rings (SSSR count). The average Bonchev–Trinajstić information content (AvgIpc) is 3.49. The first-order chi connectivity index (χ1) is 14.3. The predicted molar refractivity (Wildman–Crippen MR) is 110 cm³/mol. The smallest absolute Gasteiger partial charge is 0.194 e. The Kier molecular flexibility index (Phi) is 6.84. The SMILES string of the molecule is Cc1cc(CN2CCN(C(=NCC3CCOC3)NCCc3ccco3)CC2)no1. The van der Waals surface area contributed by atoms with Gasteiger partial charge in [0.2, 0.25) is 0 Å². The molecule has 0 saturated carbocycles. The van der Waals surface area contributed by atoms with Crippen molar-refractivity contribution in [2.45, 2.75) is 26.3 Å². The van der Waals surface area contributed by atoms with Gasteiger partial charge in [0.1, 0.15) is 11.5 Å². The van der Waals surface area contributed by atoms with Gasteiger partial charge in [-0.1, -0.05) is 5.16 Å². The van der Waals surface area contributed by atoms with E-state index in [0.717, 1.165) is 95.0 Å². The van der Waals surface area contributed by atoms with Crippen LogP contribution >= 0.6 is 0 Å². The van der Waals surface area contributed by atoms with E-state index in [1.165, 1.54) is 0 Å². The van der Waals surface area contributed by atoms with Gasteiger partial charge in [0.15, 0.2) is 5.96 Å². The van der Waals surface area contributed by atoms with Crippen LogP contribution in [0.25, 0.3) is 0 Å². The third-order valence-corrected chi connectivity index (χ3v) is 5.49. The molecule has 0 aliphatic carbocycles. The molecule has 0 radical (unpaired) electrons. The Morgan fingerprint density at radius 1 is 1.31 bits per heavy atom. The first-order valence-corrected chi connectivity index (χ1v) is 10.5. The fraction of sp³-hybridized carbons (Fsp3) is 0.619. The number of aliphatic imine (C=N–C) groups is 1. The van der Waals surface area contributed by atoms with E-state index in [2.05, 4.69) is 20.3 Å². The van der Waals surface area contributed by atoms with Gasteiger partial charge in [0.05, 0.1) is 18.6 Å². The maximum atomic E-state index is 5.50. The van der Waals surface area contributed by atoms with Gasteiger partial charge in [-0.3, -0.25) is 9.89 Å². The lowest BCUT2D eigenvalue weighted by molar-refractivity contribution is 0.168.